The van der Waals surface area contributed by atoms with E-state index in [1.54, 1.807) is 30.3 Å². The average Bonchev–Trinajstić information content (AvgIpc) is 3.49. The monoisotopic (exact) mass is 531 g/mol. The third-order valence-corrected chi connectivity index (χ3v) is 6.43. The molecule has 0 radical (unpaired) electrons. The highest BCUT2D eigenvalue weighted by molar-refractivity contribution is 7.80. The van der Waals surface area contributed by atoms with Gasteiger partial charge in [-0.3, -0.25) is 10.1 Å². The molecule has 0 fully saturated rings. The number of oxazole rings is 1. The lowest BCUT2D eigenvalue weighted by molar-refractivity contribution is 0.0951. The largest absolute Gasteiger partial charge is 0.507 e. The molecular formula is C28H22ClN3O4S. The first-order valence-corrected chi connectivity index (χ1v) is 12.2. The molecule has 3 N–H and O–H groups in total. The van der Waals surface area contributed by atoms with Crippen LogP contribution in [0.1, 0.15) is 27.2 Å². The molecule has 0 aliphatic heterocycles. The maximum Gasteiger partial charge on any atom is 0.293 e. The van der Waals surface area contributed by atoms with Crippen LogP contribution in [0.2, 0.25) is 5.02 Å². The van der Waals surface area contributed by atoms with Gasteiger partial charge < -0.3 is 19.3 Å². The van der Waals surface area contributed by atoms with Crippen molar-refractivity contribution in [1.82, 2.24) is 10.3 Å². The number of carbonyl (C=O) groups excluding carboxylic acids is 1. The lowest BCUT2D eigenvalue weighted by atomic mass is 10.1. The highest BCUT2D eigenvalue weighted by Gasteiger charge is 2.17. The van der Waals surface area contributed by atoms with Crippen LogP contribution in [0.3, 0.4) is 0 Å². The second kappa shape index (κ2) is 9.72. The van der Waals surface area contributed by atoms with E-state index in [1.165, 1.54) is 6.07 Å². The lowest BCUT2D eigenvalue weighted by Gasteiger charge is -2.10. The van der Waals surface area contributed by atoms with Crippen LogP contribution in [0.4, 0.5) is 5.69 Å². The Morgan fingerprint density at radius 1 is 0.973 bits per heavy atom. The number of nitrogens with zero attached hydrogens (tertiary/aromatic N) is 1. The summed E-state index contributed by atoms with van der Waals surface area (Å²) >= 11 is 11.5. The summed E-state index contributed by atoms with van der Waals surface area (Å²) in [5, 5.41) is 16.7. The van der Waals surface area contributed by atoms with Crippen molar-refractivity contribution in [3.8, 4) is 28.5 Å². The minimum absolute atomic E-state index is 0.0430. The molecule has 0 bridgehead atoms. The van der Waals surface area contributed by atoms with Gasteiger partial charge in [0.15, 0.2) is 16.5 Å². The number of aromatic nitrogens is 1. The van der Waals surface area contributed by atoms with Gasteiger partial charge in [0, 0.05) is 22.3 Å². The molecule has 37 heavy (non-hydrogen) atoms. The summed E-state index contributed by atoms with van der Waals surface area (Å²) in [5.41, 5.74) is 6.08. The van der Waals surface area contributed by atoms with Crippen molar-refractivity contribution in [2.75, 3.05) is 5.32 Å². The first kappa shape index (κ1) is 24.5. The first-order chi connectivity index (χ1) is 17.7. The zero-order chi connectivity index (χ0) is 26.3. The number of hydrogen-bond acceptors (Lipinski definition) is 6. The van der Waals surface area contributed by atoms with E-state index in [4.69, 9.17) is 32.7 Å². The fourth-order valence-corrected chi connectivity index (χ4v) is 4.36. The van der Waals surface area contributed by atoms with Crippen LogP contribution in [-0.4, -0.2) is 21.1 Å². The van der Waals surface area contributed by atoms with Crippen molar-refractivity contribution < 1.29 is 18.7 Å². The fourth-order valence-electron chi connectivity index (χ4n) is 3.97. The predicted molar refractivity (Wildman–Crippen MR) is 148 cm³/mol. The molecule has 186 valence electrons. The van der Waals surface area contributed by atoms with Crippen LogP contribution >= 0.6 is 23.8 Å². The van der Waals surface area contributed by atoms with Crippen LogP contribution in [0.5, 0.6) is 5.75 Å². The number of rotatable bonds is 4. The number of phenols is 1. The summed E-state index contributed by atoms with van der Waals surface area (Å²) < 4.78 is 11.6. The molecule has 0 saturated heterocycles. The van der Waals surface area contributed by atoms with Gasteiger partial charge in [0.2, 0.25) is 5.89 Å². The molecular weight excluding hydrogens is 510 g/mol. The number of amides is 1. The summed E-state index contributed by atoms with van der Waals surface area (Å²) in [4.78, 5) is 17.1. The maximum absolute atomic E-state index is 12.6. The molecule has 5 aromatic rings. The van der Waals surface area contributed by atoms with E-state index in [9.17, 15) is 9.90 Å². The first-order valence-electron chi connectivity index (χ1n) is 11.4. The molecule has 0 atom stereocenters. The fraction of sp³-hybridized carbons (Fsp3) is 0.107. The molecule has 0 saturated carbocycles. The number of thiocarbonyl (C=S) groups is 1. The van der Waals surface area contributed by atoms with E-state index in [-0.39, 0.29) is 16.6 Å². The van der Waals surface area contributed by atoms with E-state index in [0.29, 0.717) is 33.5 Å². The molecule has 0 unspecified atom stereocenters. The van der Waals surface area contributed by atoms with Crippen LogP contribution in [0.15, 0.2) is 69.5 Å². The van der Waals surface area contributed by atoms with Crippen molar-refractivity contribution in [3.05, 3.63) is 88.1 Å². The van der Waals surface area contributed by atoms with E-state index in [2.05, 4.69) is 15.6 Å². The Hall–Kier alpha value is -4.14. The minimum atomic E-state index is -0.514. The SMILES string of the molecule is Cc1cc(C)c2oc(-c3ccc(NC(=S)NC(=O)c4ccc(-c5ccc(C)c(Cl)c5)o4)cc3O)nc2c1. The van der Waals surface area contributed by atoms with Crippen molar-refractivity contribution in [1.29, 1.82) is 0 Å². The van der Waals surface area contributed by atoms with Crippen molar-refractivity contribution in [2.45, 2.75) is 20.8 Å². The standard InChI is InChI=1S/C28H22ClN3O4S/c1-14-10-16(3)25-21(11-14)31-27(36-25)19-7-6-18(13-22(19)33)30-28(37)32-26(34)24-9-8-23(35-24)17-5-4-15(2)20(29)12-17/h4-13,33H,1-3H3,(H2,30,32,34,37). The Balaban J connectivity index is 1.27. The number of aryl methyl sites for hydroxylation is 3. The number of phenolic OH excluding ortho intramolecular Hbond substituents is 1. The maximum atomic E-state index is 12.6. The van der Waals surface area contributed by atoms with Gasteiger partial charge in [-0.2, -0.15) is 0 Å². The lowest BCUT2D eigenvalue weighted by Crippen LogP contribution is -2.33. The Labute approximate surface area is 223 Å². The van der Waals surface area contributed by atoms with Gasteiger partial charge in [0.05, 0.1) is 5.56 Å². The molecule has 5 rings (SSSR count). The van der Waals surface area contributed by atoms with Crippen molar-refractivity contribution in [3.63, 3.8) is 0 Å². The van der Waals surface area contributed by atoms with Crippen LogP contribution < -0.4 is 10.6 Å². The number of furan rings is 1. The quantitative estimate of drug-likeness (QED) is 0.211. The molecule has 3 aromatic carbocycles. The summed E-state index contributed by atoms with van der Waals surface area (Å²) in [5.74, 6) is 0.353. The van der Waals surface area contributed by atoms with Gasteiger partial charge in [-0.1, -0.05) is 29.8 Å². The van der Waals surface area contributed by atoms with E-state index < -0.39 is 5.91 Å². The van der Waals surface area contributed by atoms with Gasteiger partial charge in [0.25, 0.3) is 5.91 Å². The Morgan fingerprint density at radius 2 is 1.78 bits per heavy atom. The summed E-state index contributed by atoms with van der Waals surface area (Å²) in [6.07, 6.45) is 0. The van der Waals surface area contributed by atoms with Gasteiger partial charge in [-0.15, -0.1) is 0 Å². The van der Waals surface area contributed by atoms with Crippen molar-refractivity contribution in [2.24, 2.45) is 0 Å². The number of benzene rings is 3. The third-order valence-electron chi connectivity index (χ3n) is 5.82. The third kappa shape index (κ3) is 5.07. The van der Waals surface area contributed by atoms with Crippen LogP contribution in [-0.2, 0) is 0 Å². The highest BCUT2D eigenvalue weighted by atomic mass is 35.5. The summed E-state index contributed by atoms with van der Waals surface area (Å²) in [6.45, 7) is 5.85. The highest BCUT2D eigenvalue weighted by Crippen LogP contribution is 2.34. The normalized spacial score (nSPS) is 11.0. The number of fused-ring (bicyclic) bond motifs is 1. The number of hydrogen-bond donors (Lipinski definition) is 3. The predicted octanol–water partition coefficient (Wildman–Crippen LogP) is 7.17. The average molecular weight is 532 g/mol. The molecule has 7 nitrogen and oxygen atoms in total. The molecule has 9 heteroatoms. The zero-order valence-electron chi connectivity index (χ0n) is 20.2. The van der Waals surface area contributed by atoms with E-state index >= 15 is 0 Å². The van der Waals surface area contributed by atoms with Gasteiger partial charge in [-0.25, -0.2) is 4.98 Å². The van der Waals surface area contributed by atoms with Crippen LogP contribution in [0, 0.1) is 20.8 Å². The topological polar surface area (TPSA) is 101 Å². The van der Waals surface area contributed by atoms with Crippen molar-refractivity contribution >= 4 is 51.6 Å². The molecule has 1 amide bonds. The van der Waals surface area contributed by atoms with Gasteiger partial charge >= 0.3 is 0 Å². The molecule has 0 aliphatic carbocycles. The zero-order valence-corrected chi connectivity index (χ0v) is 21.8. The molecule has 0 spiro atoms. The summed E-state index contributed by atoms with van der Waals surface area (Å²) in [7, 11) is 0. The second-order valence-corrected chi connectivity index (χ2v) is 9.53. The Bertz CT molecular complexity index is 1690. The number of anilines is 1. The molecule has 0 aliphatic rings. The second-order valence-electron chi connectivity index (χ2n) is 8.72. The minimum Gasteiger partial charge on any atom is -0.507 e. The van der Waals surface area contributed by atoms with Gasteiger partial charge in [-0.05, 0) is 86.1 Å². The number of halogens is 1. The molecule has 2 aromatic heterocycles. The Kier molecular flexibility index (Phi) is 6.45. The Morgan fingerprint density at radius 3 is 2.54 bits per heavy atom. The van der Waals surface area contributed by atoms with Gasteiger partial charge in [0.1, 0.15) is 17.0 Å². The van der Waals surface area contributed by atoms with Crippen LogP contribution in [0.25, 0.3) is 33.9 Å². The summed E-state index contributed by atoms with van der Waals surface area (Å²) in [6, 6.07) is 17.6. The number of aromatic hydroxyl groups is 1. The number of nitrogens with one attached hydrogen (secondary N) is 2. The number of carbonyl (C=O) groups is 1. The smallest absolute Gasteiger partial charge is 0.293 e. The van der Waals surface area contributed by atoms with E-state index in [0.717, 1.165) is 27.8 Å². The van der Waals surface area contributed by atoms with E-state index in [1.807, 2.05) is 45.0 Å². The molecule has 2 heterocycles.